The van der Waals surface area contributed by atoms with E-state index < -0.39 is 10.4 Å². The Morgan fingerprint density at radius 1 is 1.07 bits per heavy atom. The van der Waals surface area contributed by atoms with Crippen molar-refractivity contribution in [1.29, 1.82) is 0 Å². The summed E-state index contributed by atoms with van der Waals surface area (Å²) < 4.78 is 38.4. The number of nitrogens with one attached hydrogen (secondary N) is 4. The molecule has 2 fully saturated rings. The van der Waals surface area contributed by atoms with Crippen LogP contribution in [0.5, 0.6) is 0 Å². The summed E-state index contributed by atoms with van der Waals surface area (Å²) in [5.41, 5.74) is 4.34. The zero-order chi connectivity index (χ0) is 31.9. The summed E-state index contributed by atoms with van der Waals surface area (Å²) >= 11 is 0. The molecule has 3 heterocycles. The number of amides is 2. The molecule has 13 nitrogen and oxygen atoms in total. The van der Waals surface area contributed by atoms with Gasteiger partial charge >= 0.3 is 16.4 Å². The number of benzene rings is 1. The zero-order valence-electron chi connectivity index (χ0n) is 26.4. The van der Waals surface area contributed by atoms with Crippen LogP contribution in [0, 0.1) is 0 Å². The van der Waals surface area contributed by atoms with Gasteiger partial charge in [0.2, 0.25) is 0 Å². The number of hydrogen-bond donors (Lipinski definition) is 5. The lowest BCUT2D eigenvalue weighted by Gasteiger charge is -2.26. The number of carbonyl (C=O) groups is 1. The molecule has 0 radical (unpaired) electrons. The molecule has 2 aromatic heterocycles. The number of rotatable bonds is 17. The molecular weight excluding hydrogens is 598 g/mol. The largest absolute Gasteiger partial charge is 0.397 e. The van der Waals surface area contributed by atoms with E-state index in [-0.39, 0.29) is 12.6 Å². The number of unbranched alkanes of at least 4 members (excludes halogenated alkanes) is 9. The third-order valence-corrected chi connectivity index (χ3v) is 8.29. The van der Waals surface area contributed by atoms with Gasteiger partial charge in [-0.05, 0) is 37.0 Å². The molecule has 45 heavy (non-hydrogen) atoms. The molecule has 0 spiro atoms. The Labute approximate surface area is 266 Å². The van der Waals surface area contributed by atoms with Gasteiger partial charge in [0.15, 0.2) is 5.82 Å². The highest BCUT2D eigenvalue weighted by molar-refractivity contribution is 7.80. The number of imidazole rings is 1. The van der Waals surface area contributed by atoms with Gasteiger partial charge in [-0.2, -0.15) is 13.5 Å². The Bertz CT molecular complexity index is 1420. The minimum Gasteiger partial charge on any atom is -0.379 e. The average Bonchev–Trinajstić information content (AvgIpc) is 3.53. The van der Waals surface area contributed by atoms with E-state index in [1.807, 2.05) is 6.07 Å². The van der Waals surface area contributed by atoms with Crippen LogP contribution < -0.4 is 10.6 Å². The molecule has 1 saturated heterocycles. The van der Waals surface area contributed by atoms with Gasteiger partial charge in [-0.3, -0.25) is 14.6 Å². The van der Waals surface area contributed by atoms with E-state index in [0.717, 1.165) is 69.6 Å². The number of aromatic amines is 2. The first-order chi connectivity index (χ1) is 21.8. The van der Waals surface area contributed by atoms with Crippen LogP contribution in [0.15, 0.2) is 24.4 Å². The molecule has 250 valence electrons. The Morgan fingerprint density at radius 3 is 2.42 bits per heavy atom. The second-order valence-corrected chi connectivity index (χ2v) is 12.9. The van der Waals surface area contributed by atoms with Crippen molar-refractivity contribution in [2.75, 3.05) is 38.2 Å². The molecule has 0 unspecified atom stereocenters. The van der Waals surface area contributed by atoms with Crippen LogP contribution >= 0.6 is 0 Å². The van der Waals surface area contributed by atoms with Crippen LogP contribution in [-0.2, 0) is 25.9 Å². The SMILES string of the molecule is CCCCCCCCCCCCOS(=O)(=O)O.O=C(Nc1cn[nH]c1-c1nc2ccc(CN3CCOCC3)cc2[nH]1)NC1CC1. The summed E-state index contributed by atoms with van der Waals surface area (Å²) in [6.45, 7) is 6.70. The van der Waals surface area contributed by atoms with Crippen molar-refractivity contribution in [1.82, 2.24) is 30.4 Å². The maximum Gasteiger partial charge on any atom is 0.397 e. The minimum absolute atomic E-state index is 0.0926. The lowest BCUT2D eigenvalue weighted by atomic mass is 10.1. The number of urea groups is 1. The fourth-order valence-corrected chi connectivity index (χ4v) is 5.51. The number of aromatic nitrogens is 4. The molecule has 1 aromatic carbocycles. The maximum absolute atomic E-state index is 12.0. The molecule has 3 aromatic rings. The Hall–Kier alpha value is -3.04. The van der Waals surface area contributed by atoms with Crippen molar-refractivity contribution in [3.8, 4) is 11.5 Å². The summed E-state index contributed by atoms with van der Waals surface area (Å²) in [6.07, 6.45) is 15.5. The highest BCUT2D eigenvalue weighted by Crippen LogP contribution is 2.26. The number of carbonyl (C=O) groups excluding carboxylic acids is 1. The number of fused-ring (bicyclic) bond motifs is 1. The van der Waals surface area contributed by atoms with E-state index in [4.69, 9.17) is 9.29 Å². The summed E-state index contributed by atoms with van der Waals surface area (Å²) in [6, 6.07) is 6.34. The summed E-state index contributed by atoms with van der Waals surface area (Å²) in [5.74, 6) is 0.651. The van der Waals surface area contributed by atoms with Crippen LogP contribution in [0.3, 0.4) is 0 Å². The quantitative estimate of drug-likeness (QED) is 0.0896. The first-order valence-electron chi connectivity index (χ1n) is 16.3. The molecule has 1 aliphatic heterocycles. The number of hydrogen-bond acceptors (Lipinski definition) is 8. The summed E-state index contributed by atoms with van der Waals surface area (Å²) in [7, 11) is -4.23. The molecule has 1 aliphatic carbocycles. The van der Waals surface area contributed by atoms with Gasteiger partial charge in [0.05, 0.1) is 42.7 Å². The Balaban J connectivity index is 0.000000236. The monoisotopic (exact) mass is 647 g/mol. The van der Waals surface area contributed by atoms with E-state index in [1.54, 1.807) is 6.20 Å². The smallest absolute Gasteiger partial charge is 0.379 e. The molecule has 0 bridgehead atoms. The molecule has 14 heteroatoms. The van der Waals surface area contributed by atoms with Crippen molar-refractivity contribution in [2.45, 2.75) is 96.6 Å². The first-order valence-corrected chi connectivity index (χ1v) is 17.7. The first kappa shape index (κ1) is 34.8. The van der Waals surface area contributed by atoms with Gasteiger partial charge < -0.3 is 20.4 Å². The van der Waals surface area contributed by atoms with Crippen LogP contribution in [0.1, 0.15) is 89.5 Å². The number of anilines is 1. The molecule has 1 saturated carbocycles. The molecule has 2 aliphatic rings. The van der Waals surface area contributed by atoms with Gasteiger partial charge in [0, 0.05) is 25.7 Å². The van der Waals surface area contributed by atoms with E-state index >= 15 is 0 Å². The van der Waals surface area contributed by atoms with E-state index in [2.05, 4.69) is 58.9 Å². The molecule has 0 atom stereocenters. The van der Waals surface area contributed by atoms with Gasteiger partial charge in [-0.1, -0.05) is 70.8 Å². The average molecular weight is 648 g/mol. The van der Waals surface area contributed by atoms with E-state index in [1.165, 1.54) is 50.5 Å². The highest BCUT2D eigenvalue weighted by atomic mass is 32.3. The standard InChI is InChI=1S/C19H23N7O2.C12H26O4S/c27-19(21-13-2-3-13)24-16-10-20-25-17(16)18-22-14-4-1-12(9-15(14)23-18)11-26-5-7-28-8-6-26;1-2-3-4-5-6-7-8-9-10-11-12-16-17(13,14)15/h1,4,9-10,13H,2-3,5-8,11H2,(H,20,25)(H,22,23)(H2,21,24,27);2-12H2,1H3,(H,13,14,15). The van der Waals surface area contributed by atoms with Crippen molar-refractivity contribution < 1.29 is 26.7 Å². The van der Waals surface area contributed by atoms with Gasteiger partial charge in [0.25, 0.3) is 0 Å². The normalized spacial score (nSPS) is 15.5. The molecular formula is C31H49N7O6S. The topological polar surface area (TPSA) is 175 Å². The molecule has 5 rings (SSSR count). The fraction of sp³-hybridized carbons (Fsp3) is 0.645. The third-order valence-electron chi connectivity index (χ3n) is 7.82. The summed E-state index contributed by atoms with van der Waals surface area (Å²) in [4.78, 5) is 22.4. The fourth-order valence-electron chi connectivity index (χ4n) is 5.18. The predicted octanol–water partition coefficient (Wildman–Crippen LogP) is 5.80. The van der Waals surface area contributed by atoms with Crippen molar-refractivity contribution in [3.05, 3.63) is 30.0 Å². The third kappa shape index (κ3) is 13.1. The lowest BCUT2D eigenvalue weighted by molar-refractivity contribution is 0.0342. The minimum atomic E-state index is -4.23. The van der Waals surface area contributed by atoms with Crippen LogP contribution in [0.4, 0.5) is 10.5 Å². The van der Waals surface area contributed by atoms with Crippen LogP contribution in [-0.4, -0.2) is 83.0 Å². The highest BCUT2D eigenvalue weighted by Gasteiger charge is 2.24. The number of H-pyrrole nitrogens is 2. The second kappa shape index (κ2) is 18.2. The summed E-state index contributed by atoms with van der Waals surface area (Å²) in [5, 5.41) is 12.8. The van der Waals surface area contributed by atoms with Crippen LogP contribution in [0.25, 0.3) is 22.6 Å². The van der Waals surface area contributed by atoms with Crippen molar-refractivity contribution >= 4 is 33.2 Å². The van der Waals surface area contributed by atoms with Gasteiger partial charge in [-0.15, -0.1) is 0 Å². The predicted molar refractivity (Wildman–Crippen MR) is 174 cm³/mol. The molecule has 2 amide bonds. The number of morpholine rings is 1. The Morgan fingerprint density at radius 2 is 1.76 bits per heavy atom. The van der Waals surface area contributed by atoms with E-state index in [9.17, 15) is 13.2 Å². The Kier molecular flexibility index (Phi) is 14.1. The number of nitrogens with zero attached hydrogens (tertiary/aromatic N) is 3. The van der Waals surface area contributed by atoms with Crippen LogP contribution in [0.2, 0.25) is 0 Å². The van der Waals surface area contributed by atoms with Crippen molar-refractivity contribution in [3.63, 3.8) is 0 Å². The van der Waals surface area contributed by atoms with Crippen molar-refractivity contribution in [2.24, 2.45) is 0 Å². The van der Waals surface area contributed by atoms with Gasteiger partial charge in [0.1, 0.15) is 5.69 Å². The zero-order valence-corrected chi connectivity index (χ0v) is 27.2. The lowest BCUT2D eigenvalue weighted by Crippen LogP contribution is -2.35. The molecule has 5 N–H and O–H groups in total. The number of ether oxygens (including phenoxy) is 1. The maximum atomic E-state index is 12.0. The van der Waals surface area contributed by atoms with E-state index in [0.29, 0.717) is 29.7 Å². The van der Waals surface area contributed by atoms with Gasteiger partial charge in [-0.25, -0.2) is 14.0 Å². The second-order valence-electron chi connectivity index (χ2n) is 11.8.